The molecule has 3 aromatic rings. The quantitative estimate of drug-likeness (QED) is 0.717. The lowest BCUT2D eigenvalue weighted by atomic mass is 10.0. The Morgan fingerprint density at radius 1 is 1.25 bits per heavy atom. The third-order valence-electron chi connectivity index (χ3n) is 3.69. The molecule has 1 fully saturated rings. The fourth-order valence-corrected chi connectivity index (χ4v) is 2.76. The highest BCUT2D eigenvalue weighted by Crippen LogP contribution is 2.30. The summed E-state index contributed by atoms with van der Waals surface area (Å²) in [5.74, 6) is 2.03. The maximum absolute atomic E-state index is 5.60. The fourth-order valence-electron chi connectivity index (χ4n) is 2.76. The van der Waals surface area contributed by atoms with E-state index in [4.69, 9.17) is 14.1 Å². The number of aromatic nitrogens is 3. The molecule has 0 N–H and O–H groups in total. The van der Waals surface area contributed by atoms with E-state index in [-0.39, 0.29) is 0 Å². The van der Waals surface area contributed by atoms with Crippen LogP contribution in [0.3, 0.4) is 0 Å². The highest BCUT2D eigenvalue weighted by Gasteiger charge is 2.25. The van der Waals surface area contributed by atoms with Crippen molar-refractivity contribution in [2.24, 2.45) is 0 Å². The second-order valence-electron chi connectivity index (χ2n) is 5.02. The molecule has 1 atom stereocenters. The van der Waals surface area contributed by atoms with Gasteiger partial charge < -0.3 is 9.15 Å². The van der Waals surface area contributed by atoms with Crippen LogP contribution in [-0.4, -0.2) is 27.7 Å². The zero-order valence-electron chi connectivity index (χ0n) is 11.0. The number of ether oxygens (including phenoxy) is 1. The van der Waals surface area contributed by atoms with E-state index in [2.05, 4.69) is 4.98 Å². The minimum Gasteiger partial charge on any atom is -0.448 e. The van der Waals surface area contributed by atoms with Crippen LogP contribution >= 0.6 is 0 Å². The lowest BCUT2D eigenvalue weighted by Crippen LogP contribution is -2.19. The van der Waals surface area contributed by atoms with Crippen LogP contribution in [0.4, 0.5) is 0 Å². The summed E-state index contributed by atoms with van der Waals surface area (Å²) >= 11 is 0. The lowest BCUT2D eigenvalue weighted by molar-refractivity contribution is 0.0776. The normalized spacial score (nSPS) is 19.5. The van der Waals surface area contributed by atoms with Crippen LogP contribution < -0.4 is 0 Å². The summed E-state index contributed by atoms with van der Waals surface area (Å²) in [6.07, 6.45) is 5.61. The zero-order valence-corrected chi connectivity index (χ0v) is 11.0. The predicted octanol–water partition coefficient (Wildman–Crippen LogP) is 2.91. The third-order valence-corrected chi connectivity index (χ3v) is 3.69. The minimum atomic E-state index is 0.294. The number of nitrogens with zero attached hydrogens (tertiary/aromatic N) is 3. The van der Waals surface area contributed by atoms with Crippen molar-refractivity contribution in [1.82, 2.24) is 14.5 Å². The van der Waals surface area contributed by atoms with Gasteiger partial charge in [-0.25, -0.2) is 14.5 Å². The summed E-state index contributed by atoms with van der Waals surface area (Å²) in [6.45, 7) is 1.56. The Morgan fingerprint density at radius 2 is 2.25 bits per heavy atom. The zero-order chi connectivity index (χ0) is 13.4. The van der Waals surface area contributed by atoms with Gasteiger partial charge in [-0.3, -0.25) is 0 Å². The molecule has 0 spiro atoms. The molecular weight excluding hydrogens is 254 g/mol. The molecule has 0 saturated carbocycles. The largest absolute Gasteiger partial charge is 0.448 e. The molecule has 4 heterocycles. The van der Waals surface area contributed by atoms with Crippen molar-refractivity contribution in [3.05, 3.63) is 42.5 Å². The van der Waals surface area contributed by atoms with Gasteiger partial charge in [-0.2, -0.15) is 0 Å². The summed E-state index contributed by atoms with van der Waals surface area (Å²) in [7, 11) is 0. The van der Waals surface area contributed by atoms with Gasteiger partial charge >= 0.3 is 0 Å². The first-order valence-electron chi connectivity index (χ1n) is 6.88. The summed E-state index contributed by atoms with van der Waals surface area (Å²) in [5, 5.41) is 0. The van der Waals surface area contributed by atoms with Gasteiger partial charge in [0.2, 0.25) is 5.88 Å². The Balaban J connectivity index is 1.92. The van der Waals surface area contributed by atoms with Gasteiger partial charge in [0.05, 0.1) is 12.9 Å². The number of rotatable bonds is 2. The average molecular weight is 269 g/mol. The molecular formula is C15H15N3O2. The SMILES string of the molecule is c1coc(-n2c(C3CCCOC3)nc3cccnc32)c1. The molecule has 1 aliphatic rings. The van der Waals surface area contributed by atoms with Crippen LogP contribution in [0.2, 0.25) is 0 Å². The highest BCUT2D eigenvalue weighted by molar-refractivity contribution is 5.73. The number of imidazole rings is 1. The van der Waals surface area contributed by atoms with Crippen LogP contribution in [0, 0.1) is 0 Å². The van der Waals surface area contributed by atoms with Crippen LogP contribution in [0.5, 0.6) is 0 Å². The minimum absolute atomic E-state index is 0.294. The highest BCUT2D eigenvalue weighted by atomic mass is 16.5. The van der Waals surface area contributed by atoms with E-state index >= 15 is 0 Å². The molecule has 5 heteroatoms. The second kappa shape index (κ2) is 4.76. The van der Waals surface area contributed by atoms with Crippen molar-refractivity contribution in [3.63, 3.8) is 0 Å². The van der Waals surface area contributed by atoms with Crippen molar-refractivity contribution >= 4 is 11.2 Å². The van der Waals surface area contributed by atoms with Gasteiger partial charge in [-0.1, -0.05) is 0 Å². The van der Waals surface area contributed by atoms with Crippen LogP contribution in [0.1, 0.15) is 24.6 Å². The van der Waals surface area contributed by atoms with Gasteiger partial charge in [0.15, 0.2) is 5.65 Å². The molecule has 5 nitrogen and oxygen atoms in total. The number of hydrogen-bond donors (Lipinski definition) is 0. The van der Waals surface area contributed by atoms with E-state index in [1.807, 2.05) is 28.8 Å². The molecule has 0 amide bonds. The van der Waals surface area contributed by atoms with Crippen LogP contribution in [0.15, 0.2) is 41.1 Å². The monoisotopic (exact) mass is 269 g/mol. The van der Waals surface area contributed by atoms with Gasteiger partial charge in [0.1, 0.15) is 11.3 Å². The van der Waals surface area contributed by atoms with E-state index < -0.39 is 0 Å². The van der Waals surface area contributed by atoms with E-state index in [0.29, 0.717) is 12.5 Å². The fraction of sp³-hybridized carbons (Fsp3) is 0.333. The number of pyridine rings is 1. The van der Waals surface area contributed by atoms with Gasteiger partial charge in [0.25, 0.3) is 0 Å². The molecule has 1 saturated heterocycles. The second-order valence-corrected chi connectivity index (χ2v) is 5.02. The van der Waals surface area contributed by atoms with E-state index in [0.717, 1.165) is 42.3 Å². The number of hydrogen-bond acceptors (Lipinski definition) is 4. The first-order chi connectivity index (χ1) is 9.93. The molecule has 0 aliphatic carbocycles. The van der Waals surface area contributed by atoms with Crippen LogP contribution in [-0.2, 0) is 4.74 Å². The Bertz CT molecular complexity index is 712. The average Bonchev–Trinajstić information content (AvgIpc) is 3.14. The summed E-state index contributed by atoms with van der Waals surface area (Å²) in [6, 6.07) is 7.70. The number of fused-ring (bicyclic) bond motifs is 1. The molecule has 1 aliphatic heterocycles. The van der Waals surface area contributed by atoms with E-state index in [1.54, 1.807) is 12.5 Å². The van der Waals surface area contributed by atoms with Crippen LogP contribution in [0.25, 0.3) is 17.0 Å². The van der Waals surface area contributed by atoms with Gasteiger partial charge in [-0.05, 0) is 31.0 Å². The smallest absolute Gasteiger partial charge is 0.206 e. The topological polar surface area (TPSA) is 53.1 Å². The Kier molecular flexibility index (Phi) is 2.77. The maximum Gasteiger partial charge on any atom is 0.206 e. The van der Waals surface area contributed by atoms with E-state index in [1.165, 1.54) is 0 Å². The summed E-state index contributed by atoms with van der Waals surface area (Å²) < 4.78 is 13.2. The number of furan rings is 1. The molecule has 0 bridgehead atoms. The van der Waals surface area contributed by atoms with Crippen molar-refractivity contribution in [1.29, 1.82) is 0 Å². The third kappa shape index (κ3) is 1.82. The molecule has 0 radical (unpaired) electrons. The van der Waals surface area contributed by atoms with Crippen molar-refractivity contribution in [2.45, 2.75) is 18.8 Å². The summed E-state index contributed by atoms with van der Waals surface area (Å²) in [4.78, 5) is 9.21. The van der Waals surface area contributed by atoms with Crippen molar-refractivity contribution in [2.75, 3.05) is 13.2 Å². The van der Waals surface area contributed by atoms with Gasteiger partial charge in [0, 0.05) is 24.8 Å². The first kappa shape index (κ1) is 11.7. The lowest BCUT2D eigenvalue weighted by Gasteiger charge is -2.21. The van der Waals surface area contributed by atoms with Gasteiger partial charge in [-0.15, -0.1) is 0 Å². The molecule has 20 heavy (non-hydrogen) atoms. The first-order valence-corrected chi connectivity index (χ1v) is 6.88. The standard InChI is InChI=1S/C15H15N3O2/c1-5-12-15(16-7-1)18(13-6-3-9-20-13)14(17-12)11-4-2-8-19-10-11/h1,3,5-7,9,11H,2,4,8,10H2. The molecule has 102 valence electrons. The van der Waals surface area contributed by atoms with Crippen molar-refractivity contribution in [3.8, 4) is 5.88 Å². The Hall–Kier alpha value is -2.14. The summed E-state index contributed by atoms with van der Waals surface area (Å²) in [5.41, 5.74) is 1.73. The molecule has 3 aromatic heterocycles. The maximum atomic E-state index is 5.60. The predicted molar refractivity (Wildman–Crippen MR) is 73.9 cm³/mol. The van der Waals surface area contributed by atoms with E-state index in [9.17, 15) is 0 Å². The molecule has 1 unspecified atom stereocenters. The Morgan fingerprint density at radius 3 is 3.05 bits per heavy atom. The van der Waals surface area contributed by atoms with Crippen molar-refractivity contribution < 1.29 is 9.15 Å². The molecule has 4 rings (SSSR count). The Labute approximate surface area is 116 Å². The molecule has 0 aromatic carbocycles.